The van der Waals surface area contributed by atoms with Gasteiger partial charge in [0.05, 0.1) is 24.4 Å². The average Bonchev–Trinajstić information content (AvgIpc) is 2.90. The van der Waals surface area contributed by atoms with Crippen molar-refractivity contribution in [3.8, 4) is 22.8 Å². The average molecular weight is 518 g/mol. The number of rotatable bonds is 10. The molecule has 0 bridgehead atoms. The summed E-state index contributed by atoms with van der Waals surface area (Å²) in [5.74, 6) is 0.166. The van der Waals surface area contributed by atoms with Crippen molar-refractivity contribution in [3.63, 3.8) is 0 Å². The largest absolute Gasteiger partial charge is 0.484 e. The van der Waals surface area contributed by atoms with Gasteiger partial charge in [-0.05, 0) is 81.8 Å². The molecule has 0 radical (unpaired) electrons. The first-order valence-corrected chi connectivity index (χ1v) is 13.4. The Morgan fingerprint density at radius 2 is 1.87 bits per heavy atom. The fourth-order valence-corrected chi connectivity index (χ4v) is 5.09. The number of ether oxygens (including phenoxy) is 2. The summed E-state index contributed by atoms with van der Waals surface area (Å²) in [7, 11) is 1.62. The van der Waals surface area contributed by atoms with E-state index in [9.17, 15) is 9.90 Å². The lowest BCUT2D eigenvalue weighted by atomic mass is 9.95. The van der Waals surface area contributed by atoms with E-state index >= 15 is 0 Å². The van der Waals surface area contributed by atoms with E-state index in [2.05, 4.69) is 55.8 Å². The summed E-state index contributed by atoms with van der Waals surface area (Å²) in [5, 5.41) is 9.31. The Bertz CT molecular complexity index is 1270. The maximum atomic E-state index is 11.3. The van der Waals surface area contributed by atoms with Gasteiger partial charge >= 0.3 is 5.97 Å². The monoisotopic (exact) mass is 517 g/mol. The molecule has 3 heterocycles. The van der Waals surface area contributed by atoms with Crippen LogP contribution in [0.5, 0.6) is 11.6 Å². The summed E-state index contributed by atoms with van der Waals surface area (Å²) in [4.78, 5) is 23.2. The van der Waals surface area contributed by atoms with Crippen molar-refractivity contribution in [1.29, 1.82) is 0 Å². The summed E-state index contributed by atoms with van der Waals surface area (Å²) in [6.07, 6.45) is 3.80. The Morgan fingerprint density at radius 3 is 2.55 bits per heavy atom. The highest BCUT2D eigenvalue weighted by molar-refractivity contribution is 5.70. The quantitative estimate of drug-likeness (QED) is 0.348. The Morgan fingerprint density at radius 1 is 1.11 bits per heavy atom. The Labute approximate surface area is 225 Å². The van der Waals surface area contributed by atoms with Crippen LogP contribution in [0.4, 0.5) is 0 Å². The van der Waals surface area contributed by atoms with Crippen LogP contribution in [0.3, 0.4) is 0 Å². The van der Waals surface area contributed by atoms with Crippen LogP contribution in [0.15, 0.2) is 48.7 Å². The second-order valence-corrected chi connectivity index (χ2v) is 10.7. The van der Waals surface area contributed by atoms with E-state index in [1.165, 1.54) is 0 Å². The molecule has 0 saturated heterocycles. The first-order valence-electron chi connectivity index (χ1n) is 13.4. The molecule has 1 aliphatic heterocycles. The predicted octanol–water partition coefficient (Wildman–Crippen LogP) is 6.10. The molecule has 4 rings (SSSR count). The third-order valence-corrected chi connectivity index (χ3v) is 7.28. The molecular weight excluding hydrogens is 478 g/mol. The third kappa shape index (κ3) is 6.33. The van der Waals surface area contributed by atoms with Gasteiger partial charge in [0.25, 0.3) is 0 Å². The molecule has 0 aliphatic carbocycles. The van der Waals surface area contributed by atoms with E-state index in [0.29, 0.717) is 30.9 Å². The predicted molar refractivity (Wildman–Crippen MR) is 148 cm³/mol. The van der Waals surface area contributed by atoms with Crippen LogP contribution >= 0.6 is 0 Å². The smallest absolute Gasteiger partial charge is 0.306 e. The van der Waals surface area contributed by atoms with Gasteiger partial charge in [-0.3, -0.25) is 14.7 Å². The highest BCUT2D eigenvalue weighted by Crippen LogP contribution is 2.37. The van der Waals surface area contributed by atoms with Crippen molar-refractivity contribution in [2.45, 2.75) is 78.6 Å². The normalized spacial score (nSPS) is 15.9. The second-order valence-electron chi connectivity index (χ2n) is 10.7. The Balaban J connectivity index is 1.67. The third-order valence-electron chi connectivity index (χ3n) is 7.28. The van der Waals surface area contributed by atoms with Gasteiger partial charge in [0.15, 0.2) is 0 Å². The lowest BCUT2D eigenvalue weighted by molar-refractivity contribution is -0.141. The number of hydrogen-bond donors (Lipinski definition) is 1. The van der Waals surface area contributed by atoms with E-state index in [0.717, 1.165) is 52.2 Å². The standard InChI is InChI=1S/C31H39N3O4/c1-19(2)34(20(3)4)18-27-25(24-13-14-32-30(17-24)37-6)10-11-26(33-27)28-12-9-23-8-7-22(16-29(23)38-28)15-21(5)31(35)36/h7-8,10-11,13-14,16-17,19-21,28H,9,12,15,18H2,1-6H3,(H,35,36). The van der Waals surface area contributed by atoms with E-state index in [4.69, 9.17) is 14.5 Å². The molecule has 0 saturated carbocycles. The lowest BCUT2D eigenvalue weighted by Crippen LogP contribution is -2.36. The minimum atomic E-state index is -0.790. The maximum Gasteiger partial charge on any atom is 0.306 e. The number of carboxylic acids is 1. The van der Waals surface area contributed by atoms with Crippen molar-refractivity contribution in [2.24, 2.45) is 5.92 Å². The molecule has 2 aromatic heterocycles. The molecule has 7 nitrogen and oxygen atoms in total. The first-order chi connectivity index (χ1) is 18.2. The Hall–Kier alpha value is -3.45. The minimum absolute atomic E-state index is 0.166. The van der Waals surface area contributed by atoms with Gasteiger partial charge in [-0.2, -0.15) is 0 Å². The van der Waals surface area contributed by atoms with Crippen LogP contribution in [0.1, 0.15) is 69.7 Å². The molecule has 0 fully saturated rings. The molecule has 0 spiro atoms. The van der Waals surface area contributed by atoms with E-state index in [1.807, 2.05) is 24.3 Å². The highest BCUT2D eigenvalue weighted by Gasteiger charge is 2.25. The number of aliphatic carboxylic acids is 1. The SMILES string of the molecule is COc1cc(-c2ccc(C3CCc4ccc(CC(C)C(=O)O)cc4O3)nc2CN(C(C)C)C(C)C)ccn1. The van der Waals surface area contributed by atoms with Crippen LogP contribution in [0.25, 0.3) is 11.1 Å². The van der Waals surface area contributed by atoms with Gasteiger partial charge in [-0.25, -0.2) is 4.98 Å². The number of aryl methyl sites for hydroxylation is 1. The number of methoxy groups -OCH3 is 1. The fraction of sp³-hybridized carbons (Fsp3) is 0.452. The van der Waals surface area contributed by atoms with Crippen LogP contribution < -0.4 is 9.47 Å². The van der Waals surface area contributed by atoms with Gasteiger partial charge in [0.2, 0.25) is 5.88 Å². The summed E-state index contributed by atoms with van der Waals surface area (Å²) >= 11 is 0. The Kier molecular flexibility index (Phi) is 8.67. The van der Waals surface area contributed by atoms with Crippen molar-refractivity contribution in [3.05, 3.63) is 71.2 Å². The number of fused-ring (bicyclic) bond motifs is 1. The molecule has 1 N–H and O–H groups in total. The molecule has 202 valence electrons. The minimum Gasteiger partial charge on any atom is -0.484 e. The molecule has 0 amide bonds. The summed E-state index contributed by atoms with van der Waals surface area (Å²) in [6, 6.07) is 14.9. The van der Waals surface area contributed by atoms with Gasteiger partial charge in [0.1, 0.15) is 11.9 Å². The molecular formula is C31H39N3O4. The van der Waals surface area contributed by atoms with Crippen LogP contribution in [0.2, 0.25) is 0 Å². The zero-order valence-electron chi connectivity index (χ0n) is 23.3. The number of nitrogens with zero attached hydrogens (tertiary/aromatic N) is 3. The van der Waals surface area contributed by atoms with Crippen molar-refractivity contribution < 1.29 is 19.4 Å². The zero-order valence-corrected chi connectivity index (χ0v) is 23.3. The van der Waals surface area contributed by atoms with Gasteiger partial charge in [-0.1, -0.05) is 25.1 Å². The maximum absolute atomic E-state index is 11.3. The second kappa shape index (κ2) is 11.9. The number of carboxylic acid groups (broad SMARTS) is 1. The molecule has 2 atom stereocenters. The number of benzene rings is 1. The van der Waals surface area contributed by atoms with Crippen molar-refractivity contribution in [2.75, 3.05) is 7.11 Å². The van der Waals surface area contributed by atoms with Gasteiger partial charge in [-0.15, -0.1) is 0 Å². The number of aromatic nitrogens is 2. The molecule has 1 aromatic carbocycles. The summed E-state index contributed by atoms with van der Waals surface area (Å²) in [5.41, 5.74) is 6.11. The van der Waals surface area contributed by atoms with E-state index in [-0.39, 0.29) is 6.10 Å². The molecule has 2 unspecified atom stereocenters. The lowest BCUT2D eigenvalue weighted by Gasteiger charge is -2.31. The molecule has 1 aliphatic rings. The topological polar surface area (TPSA) is 84.8 Å². The van der Waals surface area contributed by atoms with Crippen molar-refractivity contribution >= 4 is 5.97 Å². The molecule has 3 aromatic rings. The van der Waals surface area contributed by atoms with E-state index in [1.54, 1.807) is 20.2 Å². The number of hydrogen-bond acceptors (Lipinski definition) is 6. The van der Waals surface area contributed by atoms with Crippen LogP contribution in [-0.2, 0) is 24.2 Å². The highest BCUT2D eigenvalue weighted by atomic mass is 16.5. The van der Waals surface area contributed by atoms with E-state index < -0.39 is 11.9 Å². The fourth-order valence-electron chi connectivity index (χ4n) is 5.09. The zero-order chi connectivity index (χ0) is 27.4. The molecule has 38 heavy (non-hydrogen) atoms. The summed E-state index contributed by atoms with van der Waals surface area (Å²) in [6.45, 7) is 11.3. The van der Waals surface area contributed by atoms with Crippen LogP contribution in [-0.4, -0.2) is 45.1 Å². The van der Waals surface area contributed by atoms with Gasteiger partial charge < -0.3 is 14.6 Å². The first kappa shape index (κ1) is 27.6. The number of carbonyl (C=O) groups is 1. The van der Waals surface area contributed by atoms with Gasteiger partial charge in [0, 0.05) is 36.5 Å². The van der Waals surface area contributed by atoms with Crippen molar-refractivity contribution in [1.82, 2.24) is 14.9 Å². The summed E-state index contributed by atoms with van der Waals surface area (Å²) < 4.78 is 11.9. The molecule has 7 heteroatoms. The number of pyridine rings is 2. The van der Waals surface area contributed by atoms with Crippen LogP contribution in [0, 0.1) is 5.92 Å².